The molecule has 0 aromatic carbocycles. The van der Waals surface area contributed by atoms with Crippen LogP contribution in [0.4, 0.5) is 0 Å². The minimum absolute atomic E-state index is 0.175. The zero-order chi connectivity index (χ0) is 10.7. The van der Waals surface area contributed by atoms with E-state index in [2.05, 4.69) is 15.4 Å². The van der Waals surface area contributed by atoms with Crippen LogP contribution in [-0.2, 0) is 19.1 Å². The molecule has 2 N–H and O–H groups in total. The van der Waals surface area contributed by atoms with E-state index >= 15 is 0 Å². The van der Waals surface area contributed by atoms with Crippen LogP contribution in [0.3, 0.4) is 0 Å². The number of amides is 2. The second kappa shape index (κ2) is 4.08. The maximum atomic E-state index is 11.2. The predicted octanol–water partition coefficient (Wildman–Crippen LogP) is -1.45. The van der Waals surface area contributed by atoms with Crippen LogP contribution in [0.15, 0.2) is 0 Å². The van der Waals surface area contributed by atoms with Gasteiger partial charge in [0.15, 0.2) is 0 Å². The van der Waals surface area contributed by atoms with Crippen LogP contribution in [0, 0.1) is 0 Å². The summed E-state index contributed by atoms with van der Waals surface area (Å²) in [6.45, 7) is 3.34. The topological polar surface area (TPSA) is 84.5 Å². The van der Waals surface area contributed by atoms with Gasteiger partial charge in [-0.3, -0.25) is 9.59 Å². The van der Waals surface area contributed by atoms with Gasteiger partial charge in [0, 0.05) is 0 Å². The average Bonchev–Trinajstić information content (AvgIpc) is 2.11. The Morgan fingerprint density at radius 1 is 1.36 bits per heavy atom. The molecule has 6 nitrogen and oxygen atoms in total. The molecule has 1 aliphatic heterocycles. The number of carbonyl (C=O) groups is 3. The fourth-order valence-electron chi connectivity index (χ4n) is 1.09. The lowest BCUT2D eigenvalue weighted by Crippen LogP contribution is -2.63. The molecule has 1 rings (SSSR count). The largest absolute Gasteiger partial charge is 0.464 e. The summed E-state index contributed by atoms with van der Waals surface area (Å²) in [4.78, 5) is 33.5. The zero-order valence-electron chi connectivity index (χ0n) is 7.99. The van der Waals surface area contributed by atoms with E-state index in [1.807, 2.05) is 0 Å². The Labute approximate surface area is 81.0 Å². The van der Waals surface area contributed by atoms with E-state index in [1.165, 1.54) is 6.92 Å². The zero-order valence-corrected chi connectivity index (χ0v) is 7.99. The number of esters is 1. The van der Waals surface area contributed by atoms with E-state index in [9.17, 15) is 14.4 Å². The first-order chi connectivity index (χ1) is 6.56. The van der Waals surface area contributed by atoms with E-state index in [0.29, 0.717) is 0 Å². The Morgan fingerprint density at radius 2 is 2.00 bits per heavy atom. The standard InChI is InChI=1S/C8H12N2O4/c1-3-14-8(13)5-7(12)9-4(2)6(11)10-5/h4-5H,3H2,1-2H3,(H,9,12)(H,10,11)/t4-,5+/m1/s1. The third-order valence-electron chi connectivity index (χ3n) is 1.82. The number of rotatable bonds is 2. The maximum Gasteiger partial charge on any atom is 0.338 e. The Morgan fingerprint density at radius 3 is 2.57 bits per heavy atom. The summed E-state index contributed by atoms with van der Waals surface area (Å²) in [5.41, 5.74) is 0. The quantitative estimate of drug-likeness (QED) is 0.422. The second-order valence-corrected chi connectivity index (χ2v) is 2.92. The number of carbonyl (C=O) groups excluding carboxylic acids is 3. The van der Waals surface area contributed by atoms with Crippen molar-refractivity contribution in [2.45, 2.75) is 25.9 Å². The summed E-state index contributed by atoms with van der Waals surface area (Å²) >= 11 is 0. The first-order valence-corrected chi connectivity index (χ1v) is 4.33. The van der Waals surface area contributed by atoms with Crippen LogP contribution in [0.5, 0.6) is 0 Å². The molecule has 0 bridgehead atoms. The smallest absolute Gasteiger partial charge is 0.338 e. The van der Waals surface area contributed by atoms with Crippen LogP contribution < -0.4 is 10.6 Å². The summed E-state index contributed by atoms with van der Waals surface area (Å²) in [5.74, 6) is -1.65. The lowest BCUT2D eigenvalue weighted by Gasteiger charge is -2.25. The van der Waals surface area contributed by atoms with E-state index in [-0.39, 0.29) is 12.5 Å². The van der Waals surface area contributed by atoms with Gasteiger partial charge in [0.2, 0.25) is 11.9 Å². The van der Waals surface area contributed by atoms with Gasteiger partial charge in [-0.25, -0.2) is 4.79 Å². The van der Waals surface area contributed by atoms with Gasteiger partial charge in [0.1, 0.15) is 6.04 Å². The first-order valence-electron chi connectivity index (χ1n) is 4.33. The molecule has 2 atom stereocenters. The SMILES string of the molecule is CCOC(=O)[C@H]1NC(=O)[C@@H](C)NC1=O. The summed E-state index contributed by atoms with van der Waals surface area (Å²) in [7, 11) is 0. The maximum absolute atomic E-state index is 11.2. The van der Waals surface area contributed by atoms with Crippen molar-refractivity contribution >= 4 is 17.8 Å². The first kappa shape index (κ1) is 10.5. The molecule has 0 saturated carbocycles. The normalized spacial score (nSPS) is 26.4. The highest BCUT2D eigenvalue weighted by molar-refractivity contribution is 6.09. The van der Waals surface area contributed by atoms with Crippen LogP contribution >= 0.6 is 0 Å². The molecule has 0 aliphatic carbocycles. The van der Waals surface area contributed by atoms with Crippen molar-refractivity contribution in [3.05, 3.63) is 0 Å². The van der Waals surface area contributed by atoms with Gasteiger partial charge in [-0.1, -0.05) is 0 Å². The molecule has 0 aromatic rings. The van der Waals surface area contributed by atoms with E-state index in [0.717, 1.165) is 0 Å². The van der Waals surface area contributed by atoms with Crippen molar-refractivity contribution < 1.29 is 19.1 Å². The molecule has 6 heteroatoms. The Hall–Kier alpha value is -1.59. The second-order valence-electron chi connectivity index (χ2n) is 2.92. The van der Waals surface area contributed by atoms with Gasteiger partial charge in [-0.05, 0) is 13.8 Å². The van der Waals surface area contributed by atoms with Crippen molar-refractivity contribution in [1.82, 2.24) is 10.6 Å². The Kier molecular flexibility index (Phi) is 3.06. The monoisotopic (exact) mass is 200 g/mol. The third kappa shape index (κ3) is 2.01. The Balaban J connectivity index is 2.66. The van der Waals surface area contributed by atoms with Crippen molar-refractivity contribution in [3.63, 3.8) is 0 Å². The van der Waals surface area contributed by atoms with Gasteiger partial charge < -0.3 is 15.4 Å². The molecular weight excluding hydrogens is 188 g/mol. The average molecular weight is 200 g/mol. The minimum atomic E-state index is -1.21. The number of hydrogen-bond acceptors (Lipinski definition) is 4. The van der Waals surface area contributed by atoms with E-state index in [1.54, 1.807) is 6.92 Å². The Bertz CT molecular complexity index is 269. The highest BCUT2D eigenvalue weighted by Gasteiger charge is 2.36. The number of nitrogens with one attached hydrogen (secondary N) is 2. The van der Waals surface area contributed by atoms with Crippen molar-refractivity contribution in [2.24, 2.45) is 0 Å². The van der Waals surface area contributed by atoms with Gasteiger partial charge in [0.05, 0.1) is 6.61 Å². The summed E-state index contributed by atoms with van der Waals surface area (Å²) in [5, 5.41) is 4.64. The molecule has 0 radical (unpaired) electrons. The highest BCUT2D eigenvalue weighted by atomic mass is 16.5. The lowest BCUT2D eigenvalue weighted by molar-refractivity contribution is -0.153. The van der Waals surface area contributed by atoms with Gasteiger partial charge in [-0.2, -0.15) is 0 Å². The highest BCUT2D eigenvalue weighted by Crippen LogP contribution is 1.98. The summed E-state index contributed by atoms with van der Waals surface area (Å²) in [6.07, 6.45) is 0. The van der Waals surface area contributed by atoms with E-state index < -0.39 is 24.0 Å². The van der Waals surface area contributed by atoms with Crippen molar-refractivity contribution in [1.29, 1.82) is 0 Å². The van der Waals surface area contributed by atoms with Crippen LogP contribution in [0.2, 0.25) is 0 Å². The number of ether oxygens (including phenoxy) is 1. The molecule has 78 valence electrons. The fraction of sp³-hybridized carbons (Fsp3) is 0.625. The molecule has 14 heavy (non-hydrogen) atoms. The van der Waals surface area contributed by atoms with Crippen molar-refractivity contribution in [3.8, 4) is 0 Å². The molecule has 0 spiro atoms. The summed E-state index contributed by atoms with van der Waals surface area (Å²) < 4.78 is 4.62. The molecule has 1 heterocycles. The molecule has 0 unspecified atom stereocenters. The molecule has 1 saturated heterocycles. The molecule has 2 amide bonds. The van der Waals surface area contributed by atoms with E-state index in [4.69, 9.17) is 0 Å². The van der Waals surface area contributed by atoms with Gasteiger partial charge in [-0.15, -0.1) is 0 Å². The summed E-state index contributed by atoms with van der Waals surface area (Å²) in [6, 6.07) is -1.81. The van der Waals surface area contributed by atoms with Crippen LogP contribution in [0.1, 0.15) is 13.8 Å². The minimum Gasteiger partial charge on any atom is -0.464 e. The third-order valence-corrected chi connectivity index (χ3v) is 1.82. The predicted molar refractivity (Wildman–Crippen MR) is 46.2 cm³/mol. The molecule has 1 fully saturated rings. The van der Waals surface area contributed by atoms with Gasteiger partial charge >= 0.3 is 5.97 Å². The van der Waals surface area contributed by atoms with Crippen LogP contribution in [0.25, 0.3) is 0 Å². The number of piperazine rings is 1. The molecule has 0 aromatic heterocycles. The number of hydrogen-bond donors (Lipinski definition) is 2. The van der Waals surface area contributed by atoms with Crippen LogP contribution in [-0.4, -0.2) is 36.5 Å². The molecule has 1 aliphatic rings. The fourth-order valence-corrected chi connectivity index (χ4v) is 1.09. The lowest BCUT2D eigenvalue weighted by atomic mass is 10.1. The van der Waals surface area contributed by atoms with Crippen molar-refractivity contribution in [2.75, 3.05) is 6.61 Å². The molecular formula is C8H12N2O4. The van der Waals surface area contributed by atoms with Gasteiger partial charge in [0.25, 0.3) is 5.91 Å².